The Morgan fingerprint density at radius 3 is 2.46 bits per heavy atom. The first-order chi connectivity index (χ1) is 16.9. The van der Waals surface area contributed by atoms with Gasteiger partial charge >= 0.3 is 0 Å². The molecule has 0 saturated heterocycles. The molecule has 0 aliphatic carbocycles. The Balaban J connectivity index is 1.92. The van der Waals surface area contributed by atoms with E-state index in [0.29, 0.717) is 39.5 Å². The number of halogens is 1. The predicted octanol–water partition coefficient (Wildman–Crippen LogP) is 6.74. The quantitative estimate of drug-likeness (QED) is 0.258. The first-order valence-electron chi connectivity index (χ1n) is 12.1. The van der Waals surface area contributed by atoms with Crippen molar-refractivity contribution in [3.05, 3.63) is 105 Å². The van der Waals surface area contributed by atoms with E-state index in [1.165, 1.54) is 0 Å². The summed E-state index contributed by atoms with van der Waals surface area (Å²) < 4.78 is 1.62. The summed E-state index contributed by atoms with van der Waals surface area (Å²) in [5.41, 5.74) is 2.50. The number of benzene rings is 3. The monoisotopic (exact) mass is 487 g/mol. The SMILES string of the molecule is CCCCCN(C(=O)c1ccccc1)C(C)c1nc2ccccc2c(=O)n1-c1cccc(Cl)c1C. The molecule has 1 heterocycles. The minimum atomic E-state index is -0.449. The van der Waals surface area contributed by atoms with Crippen molar-refractivity contribution in [2.45, 2.75) is 46.1 Å². The first-order valence-corrected chi connectivity index (χ1v) is 12.4. The zero-order chi connectivity index (χ0) is 24.9. The highest BCUT2D eigenvalue weighted by Gasteiger charge is 2.28. The van der Waals surface area contributed by atoms with E-state index in [2.05, 4.69) is 6.92 Å². The van der Waals surface area contributed by atoms with E-state index in [4.69, 9.17) is 16.6 Å². The van der Waals surface area contributed by atoms with Crippen molar-refractivity contribution in [3.8, 4) is 5.69 Å². The van der Waals surface area contributed by atoms with E-state index in [-0.39, 0.29) is 11.5 Å². The molecule has 0 aliphatic heterocycles. The minimum absolute atomic E-state index is 0.0778. The van der Waals surface area contributed by atoms with Crippen LogP contribution in [0.15, 0.2) is 77.6 Å². The Labute approximate surface area is 211 Å². The Morgan fingerprint density at radius 1 is 1.00 bits per heavy atom. The molecule has 4 aromatic rings. The first kappa shape index (κ1) is 24.7. The molecule has 0 N–H and O–H groups in total. The van der Waals surface area contributed by atoms with Crippen LogP contribution in [0.4, 0.5) is 0 Å². The molecule has 0 saturated carbocycles. The molecule has 6 heteroatoms. The maximum atomic E-state index is 13.8. The number of unbranched alkanes of at least 4 members (excludes halogenated alkanes) is 2. The summed E-state index contributed by atoms with van der Waals surface area (Å²) in [6.45, 7) is 6.54. The molecule has 1 amide bonds. The van der Waals surface area contributed by atoms with Gasteiger partial charge in [-0.15, -0.1) is 0 Å². The number of para-hydroxylation sites is 1. The van der Waals surface area contributed by atoms with Crippen LogP contribution in [0.25, 0.3) is 16.6 Å². The normalized spacial score (nSPS) is 12.0. The van der Waals surface area contributed by atoms with Crippen molar-refractivity contribution in [2.24, 2.45) is 0 Å². The minimum Gasteiger partial charge on any atom is -0.329 e. The molecule has 0 fully saturated rings. The maximum absolute atomic E-state index is 13.8. The topological polar surface area (TPSA) is 55.2 Å². The lowest BCUT2D eigenvalue weighted by atomic mass is 10.1. The summed E-state index contributed by atoms with van der Waals surface area (Å²) >= 11 is 6.44. The summed E-state index contributed by atoms with van der Waals surface area (Å²) in [5, 5.41) is 1.09. The van der Waals surface area contributed by atoms with Crippen molar-refractivity contribution in [1.29, 1.82) is 0 Å². The second-order valence-corrected chi connectivity index (χ2v) is 9.17. The lowest BCUT2D eigenvalue weighted by Crippen LogP contribution is -2.38. The maximum Gasteiger partial charge on any atom is 0.266 e. The summed E-state index contributed by atoms with van der Waals surface area (Å²) in [4.78, 5) is 34.2. The van der Waals surface area contributed by atoms with Crippen LogP contribution in [-0.2, 0) is 0 Å². The van der Waals surface area contributed by atoms with Crippen LogP contribution in [0.5, 0.6) is 0 Å². The lowest BCUT2D eigenvalue weighted by Gasteiger charge is -2.31. The Bertz CT molecular complexity index is 1400. The average molecular weight is 488 g/mol. The molecule has 0 radical (unpaired) electrons. The highest BCUT2D eigenvalue weighted by atomic mass is 35.5. The fourth-order valence-corrected chi connectivity index (χ4v) is 4.56. The van der Waals surface area contributed by atoms with Gasteiger partial charge in [0.1, 0.15) is 5.82 Å². The van der Waals surface area contributed by atoms with Crippen LogP contribution in [-0.4, -0.2) is 26.9 Å². The van der Waals surface area contributed by atoms with Gasteiger partial charge in [0.05, 0.1) is 22.6 Å². The second-order valence-electron chi connectivity index (χ2n) is 8.76. The highest BCUT2D eigenvalue weighted by molar-refractivity contribution is 6.31. The van der Waals surface area contributed by atoms with Crippen LogP contribution in [0.1, 0.15) is 60.9 Å². The molecule has 0 bridgehead atoms. The van der Waals surface area contributed by atoms with Crippen molar-refractivity contribution in [3.63, 3.8) is 0 Å². The van der Waals surface area contributed by atoms with Crippen molar-refractivity contribution in [1.82, 2.24) is 14.5 Å². The molecular formula is C29H30ClN3O2. The molecule has 4 rings (SSSR count). The summed E-state index contributed by atoms with van der Waals surface area (Å²) in [7, 11) is 0. The molecule has 0 spiro atoms. The van der Waals surface area contributed by atoms with Gasteiger partial charge in [-0.25, -0.2) is 4.98 Å². The van der Waals surface area contributed by atoms with E-state index in [0.717, 1.165) is 24.8 Å². The molecule has 5 nitrogen and oxygen atoms in total. The van der Waals surface area contributed by atoms with E-state index in [9.17, 15) is 9.59 Å². The third-order valence-corrected chi connectivity index (χ3v) is 6.82. The van der Waals surface area contributed by atoms with E-state index in [1.54, 1.807) is 16.7 Å². The Kier molecular flexibility index (Phi) is 7.67. The van der Waals surface area contributed by atoms with E-state index in [1.807, 2.05) is 79.4 Å². The number of hydrogen-bond acceptors (Lipinski definition) is 3. The van der Waals surface area contributed by atoms with Crippen molar-refractivity contribution in [2.75, 3.05) is 6.54 Å². The van der Waals surface area contributed by atoms with Gasteiger partial charge in [-0.1, -0.05) is 67.8 Å². The van der Waals surface area contributed by atoms with E-state index < -0.39 is 6.04 Å². The molecule has 1 unspecified atom stereocenters. The van der Waals surface area contributed by atoms with Gasteiger partial charge in [0.15, 0.2) is 0 Å². The van der Waals surface area contributed by atoms with Crippen LogP contribution in [0.3, 0.4) is 0 Å². The van der Waals surface area contributed by atoms with Crippen molar-refractivity contribution >= 4 is 28.4 Å². The third-order valence-electron chi connectivity index (χ3n) is 6.41. The number of nitrogens with zero attached hydrogens (tertiary/aromatic N) is 3. The Morgan fingerprint density at radius 2 is 1.71 bits per heavy atom. The van der Waals surface area contributed by atoms with Crippen molar-refractivity contribution < 1.29 is 4.79 Å². The smallest absolute Gasteiger partial charge is 0.266 e. The van der Waals surface area contributed by atoms with Crippen LogP contribution in [0.2, 0.25) is 5.02 Å². The van der Waals surface area contributed by atoms with Gasteiger partial charge < -0.3 is 4.90 Å². The predicted molar refractivity (Wildman–Crippen MR) is 143 cm³/mol. The van der Waals surface area contributed by atoms with Crippen LogP contribution in [0, 0.1) is 6.92 Å². The van der Waals surface area contributed by atoms with Gasteiger partial charge in [0.2, 0.25) is 0 Å². The second kappa shape index (κ2) is 10.9. The average Bonchev–Trinajstić information content (AvgIpc) is 2.88. The molecule has 3 aromatic carbocycles. The van der Waals surface area contributed by atoms with Gasteiger partial charge in [-0.3, -0.25) is 14.2 Å². The number of carbonyl (C=O) groups is 1. The van der Waals surface area contributed by atoms with Gasteiger partial charge in [-0.05, 0) is 62.2 Å². The number of amides is 1. The van der Waals surface area contributed by atoms with Gasteiger partial charge in [0, 0.05) is 17.1 Å². The molecule has 180 valence electrons. The number of carbonyl (C=O) groups excluding carboxylic acids is 1. The highest BCUT2D eigenvalue weighted by Crippen LogP contribution is 2.28. The molecule has 0 aliphatic rings. The summed E-state index contributed by atoms with van der Waals surface area (Å²) in [6.07, 6.45) is 2.92. The molecule has 1 aromatic heterocycles. The third kappa shape index (κ3) is 5.01. The fourth-order valence-electron chi connectivity index (χ4n) is 4.39. The molecule has 1 atom stereocenters. The molecule has 35 heavy (non-hydrogen) atoms. The number of fused-ring (bicyclic) bond motifs is 1. The largest absolute Gasteiger partial charge is 0.329 e. The standard InChI is InChI=1S/C29H30ClN3O2/c1-4-5-11-19-32(28(34)22-13-7-6-8-14-22)21(3)27-31-25-17-10-9-15-23(25)29(35)33(27)26-18-12-16-24(30)20(26)2/h6-10,12-18,21H,4-5,11,19H2,1-3H3. The van der Waals surface area contributed by atoms with E-state index >= 15 is 0 Å². The number of rotatable bonds is 8. The van der Waals surface area contributed by atoms with Gasteiger partial charge in [0.25, 0.3) is 11.5 Å². The lowest BCUT2D eigenvalue weighted by molar-refractivity contribution is 0.0677. The number of aromatic nitrogens is 2. The Hall–Kier alpha value is -3.44. The zero-order valence-electron chi connectivity index (χ0n) is 20.4. The zero-order valence-corrected chi connectivity index (χ0v) is 21.1. The number of hydrogen-bond donors (Lipinski definition) is 0. The summed E-state index contributed by atoms with van der Waals surface area (Å²) in [5.74, 6) is 0.436. The molecular weight excluding hydrogens is 458 g/mol. The van der Waals surface area contributed by atoms with Gasteiger partial charge in [-0.2, -0.15) is 0 Å². The van der Waals surface area contributed by atoms with Crippen LogP contribution < -0.4 is 5.56 Å². The fraction of sp³-hybridized carbons (Fsp3) is 0.276. The van der Waals surface area contributed by atoms with Crippen LogP contribution >= 0.6 is 11.6 Å². The summed E-state index contributed by atoms with van der Waals surface area (Å²) in [6, 6.07) is 21.6.